The van der Waals surface area contributed by atoms with Gasteiger partial charge in [0.1, 0.15) is 11.4 Å². The first-order valence-electron chi connectivity index (χ1n) is 12.0. The lowest BCUT2D eigenvalue weighted by Crippen LogP contribution is -2.35. The van der Waals surface area contributed by atoms with Crippen LogP contribution in [0.3, 0.4) is 0 Å². The molecule has 1 aliphatic rings. The van der Waals surface area contributed by atoms with Crippen LogP contribution in [0.5, 0.6) is 0 Å². The maximum Gasteiger partial charge on any atom is 0.290 e. The van der Waals surface area contributed by atoms with Gasteiger partial charge >= 0.3 is 0 Å². The van der Waals surface area contributed by atoms with Crippen LogP contribution >= 0.6 is 0 Å². The van der Waals surface area contributed by atoms with E-state index in [1.807, 2.05) is 74.5 Å². The number of hydrogen-bond acceptors (Lipinski definition) is 5. The minimum absolute atomic E-state index is 0.00417. The second kappa shape index (κ2) is 10.1. The predicted molar refractivity (Wildman–Crippen MR) is 146 cm³/mol. The van der Waals surface area contributed by atoms with E-state index in [2.05, 4.69) is 3.77 Å². The highest BCUT2D eigenvalue weighted by molar-refractivity contribution is 8.03. The van der Waals surface area contributed by atoms with Crippen molar-refractivity contribution in [3.63, 3.8) is 0 Å². The third kappa shape index (κ3) is 4.92. The Morgan fingerprint density at radius 1 is 0.703 bits per heavy atom. The molecule has 1 unspecified atom stereocenters. The van der Waals surface area contributed by atoms with E-state index in [1.54, 1.807) is 47.5 Å². The SMILES string of the molecule is Cc1ccc(S(=O)(=O)N=S(=O)(c2ccccc2)[C@@H]2[C@@H](C)ON(c3ccccc3)[C@H]2c2ccccc2)cc1. The average molecular weight is 533 g/mol. The summed E-state index contributed by atoms with van der Waals surface area (Å²) in [6, 6.07) is 33.6. The van der Waals surface area contributed by atoms with Crippen LogP contribution in [0.4, 0.5) is 5.69 Å². The van der Waals surface area contributed by atoms with Gasteiger partial charge in [0.15, 0.2) is 0 Å². The normalized spacial score (nSPS) is 21.4. The molecule has 0 N–H and O–H groups in total. The lowest BCUT2D eigenvalue weighted by molar-refractivity contribution is 0.0968. The van der Waals surface area contributed by atoms with Crippen molar-refractivity contribution < 1.29 is 17.5 Å². The van der Waals surface area contributed by atoms with E-state index >= 15 is 4.21 Å². The zero-order valence-electron chi connectivity index (χ0n) is 20.5. The molecule has 1 saturated heterocycles. The van der Waals surface area contributed by atoms with Gasteiger partial charge in [-0.1, -0.05) is 84.4 Å². The second-order valence-electron chi connectivity index (χ2n) is 9.04. The molecule has 1 heterocycles. The highest BCUT2D eigenvalue weighted by Gasteiger charge is 2.49. The van der Waals surface area contributed by atoms with Crippen LogP contribution in [0.25, 0.3) is 0 Å². The Hall–Kier alpha value is -3.46. The van der Waals surface area contributed by atoms with Crippen LogP contribution in [0.2, 0.25) is 0 Å². The molecule has 1 fully saturated rings. The summed E-state index contributed by atoms with van der Waals surface area (Å²) in [6.07, 6.45) is -0.602. The molecule has 0 aliphatic carbocycles. The summed E-state index contributed by atoms with van der Waals surface area (Å²) in [5.41, 5.74) is 2.55. The predicted octanol–water partition coefficient (Wildman–Crippen LogP) is 6.16. The Labute approximate surface area is 218 Å². The number of aryl methyl sites for hydroxylation is 1. The van der Waals surface area contributed by atoms with Crippen LogP contribution < -0.4 is 5.06 Å². The number of nitrogens with zero attached hydrogens (tertiary/aromatic N) is 2. The molecule has 8 heteroatoms. The highest BCUT2D eigenvalue weighted by atomic mass is 32.3. The fourth-order valence-corrected chi connectivity index (χ4v) is 9.45. The van der Waals surface area contributed by atoms with Gasteiger partial charge in [-0.05, 0) is 55.8 Å². The number of sulfonamides is 1. The number of para-hydroxylation sites is 1. The van der Waals surface area contributed by atoms with Crippen molar-refractivity contribution in [2.24, 2.45) is 3.77 Å². The molecule has 0 saturated carbocycles. The number of anilines is 1. The summed E-state index contributed by atoms with van der Waals surface area (Å²) in [4.78, 5) is 6.68. The third-order valence-corrected chi connectivity index (χ3v) is 11.3. The molecule has 4 aromatic rings. The molecule has 0 spiro atoms. The van der Waals surface area contributed by atoms with Crippen molar-refractivity contribution in [2.45, 2.75) is 41.0 Å². The Balaban J connectivity index is 1.76. The van der Waals surface area contributed by atoms with E-state index in [1.165, 1.54) is 12.1 Å². The van der Waals surface area contributed by atoms with Gasteiger partial charge in [0.05, 0.1) is 26.4 Å². The van der Waals surface area contributed by atoms with Crippen molar-refractivity contribution in [3.8, 4) is 0 Å². The first kappa shape index (κ1) is 25.2. The third-order valence-electron chi connectivity index (χ3n) is 6.44. The van der Waals surface area contributed by atoms with Gasteiger partial charge in [-0.15, -0.1) is 3.77 Å². The van der Waals surface area contributed by atoms with E-state index in [0.717, 1.165) is 16.8 Å². The molecule has 5 rings (SSSR count). The van der Waals surface area contributed by atoms with E-state index < -0.39 is 37.1 Å². The Morgan fingerprint density at radius 3 is 1.84 bits per heavy atom. The Kier molecular flexibility index (Phi) is 6.90. The van der Waals surface area contributed by atoms with Gasteiger partial charge in [0.2, 0.25) is 0 Å². The van der Waals surface area contributed by atoms with E-state index in [4.69, 9.17) is 4.84 Å². The Morgan fingerprint density at radius 2 is 1.24 bits per heavy atom. The van der Waals surface area contributed by atoms with Crippen LogP contribution in [-0.2, 0) is 24.6 Å². The summed E-state index contributed by atoms with van der Waals surface area (Å²) < 4.78 is 46.6. The summed E-state index contributed by atoms with van der Waals surface area (Å²) in [7, 11) is -7.84. The van der Waals surface area contributed by atoms with Crippen LogP contribution in [-0.4, -0.2) is 24.0 Å². The van der Waals surface area contributed by atoms with Crippen LogP contribution in [0.15, 0.2) is 129 Å². The summed E-state index contributed by atoms with van der Waals surface area (Å²) in [5, 5.41) is 0.944. The van der Waals surface area contributed by atoms with Crippen molar-refractivity contribution in [1.82, 2.24) is 0 Å². The molecule has 6 nitrogen and oxygen atoms in total. The van der Waals surface area contributed by atoms with E-state index in [0.29, 0.717) is 4.90 Å². The molecule has 0 radical (unpaired) electrons. The van der Waals surface area contributed by atoms with E-state index in [-0.39, 0.29) is 4.90 Å². The zero-order chi connectivity index (χ0) is 26.0. The van der Waals surface area contributed by atoms with Gasteiger partial charge in [-0.2, -0.15) is 8.42 Å². The maximum atomic E-state index is 15.2. The minimum Gasteiger partial charge on any atom is -0.268 e. The first-order valence-corrected chi connectivity index (χ1v) is 15.0. The number of hydrogen-bond donors (Lipinski definition) is 0. The summed E-state index contributed by atoms with van der Waals surface area (Å²) in [6.45, 7) is 3.70. The van der Waals surface area contributed by atoms with Gasteiger partial charge in [-0.3, -0.25) is 4.84 Å². The van der Waals surface area contributed by atoms with Crippen LogP contribution in [0, 0.1) is 6.92 Å². The monoisotopic (exact) mass is 532 g/mol. The van der Waals surface area contributed by atoms with Crippen molar-refractivity contribution in [2.75, 3.05) is 5.06 Å². The first-order chi connectivity index (χ1) is 17.8. The fourth-order valence-electron chi connectivity index (χ4n) is 4.67. The number of rotatable bonds is 6. The maximum absolute atomic E-state index is 15.2. The van der Waals surface area contributed by atoms with Gasteiger partial charge in [0.25, 0.3) is 10.0 Å². The topological polar surface area (TPSA) is 76.0 Å². The van der Waals surface area contributed by atoms with Crippen molar-refractivity contribution in [3.05, 3.63) is 126 Å². The quantitative estimate of drug-likeness (QED) is 0.297. The molecular formula is C29H28N2O4S2. The van der Waals surface area contributed by atoms with Crippen molar-refractivity contribution in [1.29, 1.82) is 0 Å². The number of benzene rings is 4. The lowest BCUT2D eigenvalue weighted by Gasteiger charge is -2.29. The molecule has 0 amide bonds. The standard InChI is InChI=1S/C29H28N2O4S2/c1-22-18-20-27(21-19-22)37(33,34)30-36(32,26-16-10-5-11-17-26)29-23(2)35-31(25-14-8-4-9-15-25)28(29)24-12-6-3-7-13-24/h3-21,23,28-29H,1-2H3/t23-,28+,29-,36?/m1/s1. The zero-order valence-corrected chi connectivity index (χ0v) is 22.2. The molecule has 0 bridgehead atoms. The van der Waals surface area contributed by atoms with Crippen LogP contribution in [0.1, 0.15) is 24.1 Å². The smallest absolute Gasteiger partial charge is 0.268 e. The summed E-state index contributed by atoms with van der Waals surface area (Å²) in [5.74, 6) is 0. The largest absolute Gasteiger partial charge is 0.290 e. The highest BCUT2D eigenvalue weighted by Crippen LogP contribution is 2.44. The average Bonchev–Trinajstić information content (AvgIpc) is 3.28. The molecule has 1 aliphatic heterocycles. The Bertz CT molecular complexity index is 1580. The minimum atomic E-state index is -4.26. The molecular weight excluding hydrogens is 504 g/mol. The second-order valence-corrected chi connectivity index (χ2v) is 13.2. The molecule has 0 aromatic heterocycles. The molecule has 37 heavy (non-hydrogen) atoms. The lowest BCUT2D eigenvalue weighted by atomic mass is 10.0. The fraction of sp³-hybridized carbons (Fsp3) is 0.172. The molecule has 4 aromatic carbocycles. The summed E-state index contributed by atoms with van der Waals surface area (Å²) >= 11 is 0. The van der Waals surface area contributed by atoms with Crippen molar-refractivity contribution >= 4 is 25.4 Å². The molecule has 4 atom stereocenters. The van der Waals surface area contributed by atoms with Gasteiger partial charge < -0.3 is 0 Å². The molecule has 190 valence electrons. The van der Waals surface area contributed by atoms with Gasteiger partial charge in [-0.25, -0.2) is 9.27 Å². The van der Waals surface area contributed by atoms with Gasteiger partial charge in [0, 0.05) is 4.90 Å². The number of hydroxylamine groups is 1. The van der Waals surface area contributed by atoms with E-state index in [9.17, 15) is 8.42 Å².